The number of rotatable bonds is 5. The van der Waals surface area contributed by atoms with Gasteiger partial charge in [-0.3, -0.25) is 10.5 Å². The standard InChI is InChI=1S/C18H16N8O4/c1-9-14-15(12(6-19)16(20)30-17(14)23-22-9)10-3-4-13(29-2)11(5-10)7-25-8-21-18(24-25)26(27)28/h3-5,8,12,15,20H,7H2,1-2H3,(H,22,23). The SMILES string of the molecule is COc1ccc(C2c3c(n[nH]c3C)OC(=N)C2C#N)cc1Cn1cnc([N+](=O)[O-])n1. The van der Waals surface area contributed by atoms with Gasteiger partial charge in [0.1, 0.15) is 11.7 Å². The Bertz CT molecular complexity index is 1190. The zero-order valence-corrected chi connectivity index (χ0v) is 16.0. The van der Waals surface area contributed by atoms with E-state index in [1.54, 1.807) is 6.07 Å². The highest BCUT2D eigenvalue weighted by atomic mass is 16.6. The Balaban J connectivity index is 1.78. The Morgan fingerprint density at radius 2 is 2.30 bits per heavy atom. The number of hydrogen-bond acceptors (Lipinski definition) is 9. The van der Waals surface area contributed by atoms with Crippen molar-refractivity contribution < 1.29 is 14.4 Å². The van der Waals surface area contributed by atoms with Crippen LogP contribution in [0.5, 0.6) is 11.6 Å². The molecule has 2 aromatic heterocycles. The fourth-order valence-corrected chi connectivity index (χ4v) is 3.57. The van der Waals surface area contributed by atoms with Gasteiger partial charge < -0.3 is 19.6 Å². The molecule has 0 spiro atoms. The Morgan fingerprint density at radius 3 is 2.97 bits per heavy atom. The van der Waals surface area contributed by atoms with Crippen LogP contribution in [-0.4, -0.2) is 42.9 Å². The Morgan fingerprint density at radius 1 is 1.50 bits per heavy atom. The molecule has 0 aliphatic carbocycles. The van der Waals surface area contributed by atoms with E-state index in [1.807, 2.05) is 19.1 Å². The summed E-state index contributed by atoms with van der Waals surface area (Å²) in [5.74, 6) is -1.14. The maximum Gasteiger partial charge on any atom is 0.490 e. The number of H-pyrrole nitrogens is 1. The van der Waals surface area contributed by atoms with E-state index in [2.05, 4.69) is 26.3 Å². The lowest BCUT2D eigenvalue weighted by Gasteiger charge is -2.28. The third-order valence-corrected chi connectivity index (χ3v) is 4.92. The summed E-state index contributed by atoms with van der Waals surface area (Å²) < 4.78 is 12.2. The summed E-state index contributed by atoms with van der Waals surface area (Å²) in [6.07, 6.45) is 1.27. The lowest BCUT2D eigenvalue weighted by molar-refractivity contribution is -0.394. The first-order valence-electron chi connectivity index (χ1n) is 8.84. The molecular formula is C18H16N8O4. The molecule has 1 aromatic carbocycles. The van der Waals surface area contributed by atoms with Gasteiger partial charge in [0.25, 0.3) is 0 Å². The predicted molar refractivity (Wildman–Crippen MR) is 101 cm³/mol. The summed E-state index contributed by atoms with van der Waals surface area (Å²) in [6, 6.07) is 7.54. The van der Waals surface area contributed by atoms with E-state index in [4.69, 9.17) is 14.9 Å². The molecule has 4 rings (SSSR count). The van der Waals surface area contributed by atoms with E-state index in [0.717, 1.165) is 11.3 Å². The highest BCUT2D eigenvalue weighted by Gasteiger charge is 2.40. The molecule has 0 amide bonds. The van der Waals surface area contributed by atoms with Gasteiger partial charge in [-0.05, 0) is 29.5 Å². The molecule has 1 aliphatic heterocycles. The molecule has 2 unspecified atom stereocenters. The van der Waals surface area contributed by atoms with Gasteiger partial charge in [-0.15, -0.1) is 5.10 Å². The summed E-state index contributed by atoms with van der Waals surface area (Å²) in [5, 5.41) is 39.4. The van der Waals surface area contributed by atoms with Gasteiger partial charge >= 0.3 is 5.95 Å². The minimum atomic E-state index is -0.831. The summed E-state index contributed by atoms with van der Waals surface area (Å²) >= 11 is 0. The maximum absolute atomic E-state index is 10.8. The van der Waals surface area contributed by atoms with E-state index in [9.17, 15) is 15.4 Å². The van der Waals surface area contributed by atoms with Gasteiger partial charge in [0.15, 0.2) is 0 Å². The molecule has 0 fully saturated rings. The number of nitrogens with one attached hydrogen (secondary N) is 2. The van der Waals surface area contributed by atoms with Crippen molar-refractivity contribution in [1.29, 1.82) is 10.7 Å². The number of nitrogens with zero attached hydrogens (tertiary/aromatic N) is 6. The van der Waals surface area contributed by atoms with E-state index >= 15 is 0 Å². The number of methoxy groups -OCH3 is 1. The molecule has 2 atom stereocenters. The molecule has 1 aliphatic rings. The van der Waals surface area contributed by atoms with Crippen molar-refractivity contribution in [2.75, 3.05) is 7.11 Å². The van der Waals surface area contributed by atoms with Crippen molar-refractivity contribution in [3.05, 3.63) is 57.0 Å². The third kappa shape index (κ3) is 3.12. The Kier molecular flexibility index (Phi) is 4.63. The second kappa shape index (κ2) is 7.28. The fraction of sp³-hybridized carbons (Fsp3) is 0.278. The van der Waals surface area contributed by atoms with Crippen molar-refractivity contribution in [3.8, 4) is 17.7 Å². The second-order valence-corrected chi connectivity index (χ2v) is 6.69. The quantitative estimate of drug-likeness (QED) is 0.476. The van der Waals surface area contributed by atoms with Crippen molar-refractivity contribution in [2.24, 2.45) is 5.92 Å². The van der Waals surface area contributed by atoms with Crippen LogP contribution in [0.15, 0.2) is 24.5 Å². The summed E-state index contributed by atoms with van der Waals surface area (Å²) in [7, 11) is 1.52. The molecule has 12 nitrogen and oxygen atoms in total. The number of aryl methyl sites for hydroxylation is 1. The number of aromatic nitrogens is 5. The zero-order valence-electron chi connectivity index (χ0n) is 16.0. The number of fused-ring (bicyclic) bond motifs is 1. The molecule has 12 heteroatoms. The first-order chi connectivity index (χ1) is 14.4. The van der Waals surface area contributed by atoms with E-state index in [-0.39, 0.29) is 18.3 Å². The van der Waals surface area contributed by atoms with Crippen LogP contribution in [0.25, 0.3) is 0 Å². The molecule has 0 bridgehead atoms. The molecule has 30 heavy (non-hydrogen) atoms. The Hall–Kier alpha value is -4.27. The molecule has 3 aromatic rings. The number of ether oxygens (including phenoxy) is 2. The van der Waals surface area contributed by atoms with E-state index < -0.39 is 22.7 Å². The molecule has 0 saturated carbocycles. The topological polar surface area (TPSA) is 169 Å². The number of benzene rings is 1. The predicted octanol–water partition coefficient (Wildman–Crippen LogP) is 1.92. The lowest BCUT2D eigenvalue weighted by atomic mass is 9.79. The van der Waals surface area contributed by atoms with Gasteiger partial charge in [-0.25, -0.2) is 0 Å². The largest absolute Gasteiger partial charge is 0.496 e. The van der Waals surface area contributed by atoms with Crippen molar-refractivity contribution in [1.82, 2.24) is 25.0 Å². The van der Waals surface area contributed by atoms with Gasteiger partial charge in [0.2, 0.25) is 18.1 Å². The molecule has 0 saturated heterocycles. The van der Waals surface area contributed by atoms with Crippen LogP contribution in [0.1, 0.15) is 28.3 Å². The maximum atomic E-state index is 10.8. The lowest BCUT2D eigenvalue weighted by Crippen LogP contribution is -2.31. The second-order valence-electron chi connectivity index (χ2n) is 6.69. The normalized spacial score (nSPS) is 17.7. The molecule has 2 N–H and O–H groups in total. The van der Waals surface area contributed by atoms with Crippen LogP contribution >= 0.6 is 0 Å². The van der Waals surface area contributed by atoms with Crippen LogP contribution < -0.4 is 9.47 Å². The highest BCUT2D eigenvalue weighted by Crippen LogP contribution is 2.43. The van der Waals surface area contributed by atoms with E-state index in [0.29, 0.717) is 16.9 Å². The third-order valence-electron chi connectivity index (χ3n) is 4.92. The van der Waals surface area contributed by atoms with Crippen LogP contribution in [-0.2, 0) is 6.54 Å². The average Bonchev–Trinajstić information content (AvgIpc) is 3.34. The van der Waals surface area contributed by atoms with Crippen LogP contribution in [0, 0.1) is 39.7 Å². The van der Waals surface area contributed by atoms with Gasteiger partial charge in [0, 0.05) is 27.8 Å². The average molecular weight is 408 g/mol. The number of nitro groups is 1. The van der Waals surface area contributed by atoms with E-state index in [1.165, 1.54) is 18.1 Å². The summed E-state index contributed by atoms with van der Waals surface area (Å²) in [5.41, 5.74) is 2.90. The minimum Gasteiger partial charge on any atom is -0.496 e. The van der Waals surface area contributed by atoms with Crippen molar-refractivity contribution in [2.45, 2.75) is 19.4 Å². The number of nitriles is 1. The number of hydrogen-bond donors (Lipinski definition) is 2. The van der Waals surface area contributed by atoms with Crippen molar-refractivity contribution in [3.63, 3.8) is 0 Å². The zero-order chi connectivity index (χ0) is 21.4. The van der Waals surface area contributed by atoms with Crippen LogP contribution in [0.3, 0.4) is 0 Å². The van der Waals surface area contributed by atoms with Crippen LogP contribution in [0.4, 0.5) is 5.95 Å². The molecule has 152 valence electrons. The molecular weight excluding hydrogens is 392 g/mol. The first-order valence-corrected chi connectivity index (χ1v) is 8.84. The highest BCUT2D eigenvalue weighted by molar-refractivity contribution is 5.84. The first kappa shape index (κ1) is 19.1. The monoisotopic (exact) mass is 408 g/mol. The fourth-order valence-electron chi connectivity index (χ4n) is 3.57. The van der Waals surface area contributed by atoms with Gasteiger partial charge in [-0.1, -0.05) is 11.1 Å². The summed E-state index contributed by atoms with van der Waals surface area (Å²) in [6.45, 7) is 2.00. The summed E-state index contributed by atoms with van der Waals surface area (Å²) in [4.78, 5) is 13.8. The van der Waals surface area contributed by atoms with Gasteiger partial charge in [0.05, 0.1) is 19.7 Å². The number of aromatic amines is 1. The Labute approximate surface area is 169 Å². The van der Waals surface area contributed by atoms with Crippen molar-refractivity contribution >= 4 is 11.8 Å². The van der Waals surface area contributed by atoms with Gasteiger partial charge in [-0.2, -0.15) is 9.94 Å². The smallest absolute Gasteiger partial charge is 0.490 e. The minimum absolute atomic E-state index is 0.174. The molecule has 3 heterocycles. The van der Waals surface area contributed by atoms with Crippen LogP contribution in [0.2, 0.25) is 0 Å². The molecule has 0 radical (unpaired) electrons.